The minimum atomic E-state index is -3.94. The molecule has 0 amide bonds. The molecule has 0 saturated heterocycles. The third kappa shape index (κ3) is 4.19. The molecule has 0 unspecified atom stereocenters. The Hall–Kier alpha value is -3.24. The highest BCUT2D eigenvalue weighted by atomic mass is 32.2. The summed E-state index contributed by atoms with van der Waals surface area (Å²) in [6, 6.07) is 16.1. The van der Waals surface area contributed by atoms with Crippen molar-refractivity contribution in [2.45, 2.75) is 29.6 Å². The number of fused-ring (bicyclic) bond motifs is 2. The molecule has 2 aliphatic rings. The Balaban J connectivity index is 1.47. The smallest absolute Gasteiger partial charge is 0.264 e. The number of benzene rings is 3. The first-order chi connectivity index (χ1) is 16.2. The molecule has 1 N–H and O–H groups in total. The van der Waals surface area contributed by atoms with Gasteiger partial charge >= 0.3 is 0 Å². The van der Waals surface area contributed by atoms with Crippen LogP contribution in [-0.4, -0.2) is 36.6 Å². The average molecular weight is 501 g/mol. The lowest BCUT2D eigenvalue weighted by molar-refractivity contribution is 0.171. The van der Waals surface area contributed by atoms with Gasteiger partial charge < -0.3 is 9.47 Å². The van der Waals surface area contributed by atoms with Gasteiger partial charge in [0.2, 0.25) is 0 Å². The monoisotopic (exact) mass is 500 g/mol. The molecule has 0 aliphatic carbocycles. The fourth-order valence-electron chi connectivity index (χ4n) is 4.10. The molecule has 0 radical (unpaired) electrons. The third-order valence-corrected chi connectivity index (χ3v) is 9.05. The van der Waals surface area contributed by atoms with Crippen molar-refractivity contribution in [3.8, 4) is 11.5 Å². The Morgan fingerprint density at radius 2 is 1.53 bits per heavy atom. The molecule has 0 spiro atoms. The summed E-state index contributed by atoms with van der Waals surface area (Å²) in [7, 11) is -7.73. The van der Waals surface area contributed by atoms with Crippen LogP contribution < -0.4 is 18.5 Å². The summed E-state index contributed by atoms with van der Waals surface area (Å²) in [6.07, 6.45) is 1.39. The molecule has 0 saturated carbocycles. The lowest BCUT2D eigenvalue weighted by atomic mass is 10.0. The lowest BCUT2D eigenvalue weighted by Crippen LogP contribution is -2.35. The van der Waals surface area contributed by atoms with E-state index in [1.807, 2.05) is 6.92 Å². The van der Waals surface area contributed by atoms with Gasteiger partial charge in [-0.2, -0.15) is 0 Å². The van der Waals surface area contributed by atoms with Crippen LogP contribution in [0, 0.1) is 6.92 Å². The van der Waals surface area contributed by atoms with E-state index in [1.165, 1.54) is 16.4 Å². The zero-order valence-electron chi connectivity index (χ0n) is 18.5. The molecular formula is C24H24N2O6S2. The fraction of sp³-hybridized carbons (Fsp3) is 0.250. The summed E-state index contributed by atoms with van der Waals surface area (Å²) < 4.78 is 67.7. The topological polar surface area (TPSA) is 102 Å². The van der Waals surface area contributed by atoms with Crippen LogP contribution in [0.1, 0.15) is 17.5 Å². The molecule has 0 fully saturated rings. The molecule has 2 heterocycles. The number of hydrogen-bond donors (Lipinski definition) is 1. The second-order valence-corrected chi connectivity index (χ2v) is 11.8. The molecule has 10 heteroatoms. The van der Waals surface area contributed by atoms with Crippen LogP contribution in [0.3, 0.4) is 0 Å². The first-order valence-electron chi connectivity index (χ1n) is 10.9. The predicted octanol–water partition coefficient (Wildman–Crippen LogP) is 3.71. The molecule has 3 aromatic rings. The summed E-state index contributed by atoms with van der Waals surface area (Å²) in [5.41, 5.74) is 2.58. The normalized spacial score (nSPS) is 15.5. The van der Waals surface area contributed by atoms with Crippen LogP contribution >= 0.6 is 0 Å². The van der Waals surface area contributed by atoms with E-state index < -0.39 is 20.0 Å². The van der Waals surface area contributed by atoms with Gasteiger partial charge in [0.25, 0.3) is 20.0 Å². The van der Waals surface area contributed by atoms with Crippen molar-refractivity contribution in [1.29, 1.82) is 0 Å². The van der Waals surface area contributed by atoms with E-state index in [-0.39, 0.29) is 15.5 Å². The highest BCUT2D eigenvalue weighted by molar-refractivity contribution is 7.93. The number of hydrogen-bond acceptors (Lipinski definition) is 6. The van der Waals surface area contributed by atoms with Crippen LogP contribution in [0.4, 0.5) is 11.4 Å². The van der Waals surface area contributed by atoms with E-state index in [0.29, 0.717) is 49.8 Å². The molecule has 5 rings (SSSR count). The van der Waals surface area contributed by atoms with Gasteiger partial charge in [-0.25, -0.2) is 16.8 Å². The minimum absolute atomic E-state index is 0.0265. The van der Waals surface area contributed by atoms with E-state index in [2.05, 4.69) is 4.72 Å². The SMILES string of the molecule is Cc1ccc(S(=O)(=O)N2CCCc3ccc(NS(=O)(=O)c4ccc5c(c4)OCCO5)cc32)cc1. The maximum atomic E-state index is 13.4. The van der Waals surface area contributed by atoms with Crippen LogP contribution in [0.25, 0.3) is 0 Å². The first kappa shape index (κ1) is 22.5. The molecule has 34 heavy (non-hydrogen) atoms. The van der Waals surface area contributed by atoms with Gasteiger partial charge in [-0.15, -0.1) is 0 Å². The standard InChI is InChI=1S/C24H24N2O6S2/c1-17-4-8-20(9-5-17)34(29,30)26-12-2-3-18-6-7-19(15-22(18)26)25-33(27,28)21-10-11-23-24(16-21)32-14-13-31-23/h4-11,15-16,25H,2-3,12-14H2,1H3. The number of rotatable bonds is 5. The number of aryl methyl sites for hydroxylation is 2. The van der Waals surface area contributed by atoms with Crippen molar-refractivity contribution in [1.82, 2.24) is 0 Å². The van der Waals surface area contributed by atoms with E-state index in [9.17, 15) is 16.8 Å². The number of sulfonamides is 2. The zero-order valence-corrected chi connectivity index (χ0v) is 20.2. The largest absolute Gasteiger partial charge is 0.486 e. The summed E-state index contributed by atoms with van der Waals surface area (Å²) >= 11 is 0. The Bertz CT molecular complexity index is 1450. The maximum Gasteiger partial charge on any atom is 0.264 e. The third-order valence-electron chi connectivity index (χ3n) is 5.85. The van der Waals surface area contributed by atoms with E-state index in [1.54, 1.807) is 48.5 Å². The van der Waals surface area contributed by atoms with E-state index in [4.69, 9.17) is 9.47 Å². The van der Waals surface area contributed by atoms with Crippen molar-refractivity contribution in [3.63, 3.8) is 0 Å². The quantitative estimate of drug-likeness (QED) is 0.573. The number of nitrogens with zero attached hydrogens (tertiary/aromatic N) is 1. The first-order valence-corrected chi connectivity index (χ1v) is 13.8. The van der Waals surface area contributed by atoms with Gasteiger partial charge in [-0.3, -0.25) is 9.03 Å². The number of anilines is 2. The second kappa shape index (κ2) is 8.52. The van der Waals surface area contributed by atoms with Crippen LogP contribution in [0.2, 0.25) is 0 Å². The Morgan fingerprint density at radius 1 is 0.824 bits per heavy atom. The molecule has 3 aromatic carbocycles. The van der Waals surface area contributed by atoms with Crippen molar-refractivity contribution < 1.29 is 26.3 Å². The van der Waals surface area contributed by atoms with Crippen molar-refractivity contribution in [2.24, 2.45) is 0 Å². The fourth-order valence-corrected chi connectivity index (χ4v) is 6.69. The van der Waals surface area contributed by atoms with E-state index >= 15 is 0 Å². The van der Waals surface area contributed by atoms with Gasteiger partial charge in [0.1, 0.15) is 13.2 Å². The zero-order chi connectivity index (χ0) is 23.9. The molecule has 2 aliphatic heterocycles. The molecule has 0 aromatic heterocycles. The van der Waals surface area contributed by atoms with Crippen molar-refractivity contribution in [3.05, 3.63) is 71.8 Å². The highest BCUT2D eigenvalue weighted by Crippen LogP contribution is 2.36. The molecule has 178 valence electrons. The summed E-state index contributed by atoms with van der Waals surface area (Å²) in [6.45, 7) is 2.97. The van der Waals surface area contributed by atoms with Crippen LogP contribution in [-0.2, 0) is 26.5 Å². The van der Waals surface area contributed by atoms with Crippen LogP contribution in [0.5, 0.6) is 11.5 Å². The number of ether oxygens (including phenoxy) is 2. The summed E-state index contributed by atoms with van der Waals surface area (Å²) in [5, 5.41) is 0. The van der Waals surface area contributed by atoms with Crippen LogP contribution in [0.15, 0.2) is 70.5 Å². The molecule has 0 bridgehead atoms. The van der Waals surface area contributed by atoms with Gasteiger partial charge in [0.15, 0.2) is 11.5 Å². The summed E-state index contributed by atoms with van der Waals surface area (Å²) in [5.74, 6) is 0.867. The molecular weight excluding hydrogens is 476 g/mol. The second-order valence-electron chi connectivity index (χ2n) is 8.25. The van der Waals surface area contributed by atoms with Gasteiger partial charge in [0, 0.05) is 12.6 Å². The van der Waals surface area contributed by atoms with Gasteiger partial charge in [-0.05, 0) is 61.7 Å². The Morgan fingerprint density at radius 3 is 2.29 bits per heavy atom. The van der Waals surface area contributed by atoms with Crippen molar-refractivity contribution in [2.75, 3.05) is 28.8 Å². The molecule has 0 atom stereocenters. The Kier molecular flexibility index (Phi) is 5.65. The van der Waals surface area contributed by atoms with Gasteiger partial charge in [-0.1, -0.05) is 23.8 Å². The van der Waals surface area contributed by atoms with E-state index in [0.717, 1.165) is 11.1 Å². The lowest BCUT2D eigenvalue weighted by Gasteiger charge is -2.31. The number of nitrogens with one attached hydrogen (secondary N) is 1. The van der Waals surface area contributed by atoms with Crippen molar-refractivity contribution >= 4 is 31.4 Å². The summed E-state index contributed by atoms with van der Waals surface area (Å²) in [4.78, 5) is 0.229. The highest BCUT2D eigenvalue weighted by Gasteiger charge is 2.30. The predicted molar refractivity (Wildman–Crippen MR) is 129 cm³/mol. The Labute approximate surface area is 199 Å². The minimum Gasteiger partial charge on any atom is -0.486 e. The van der Waals surface area contributed by atoms with Gasteiger partial charge in [0.05, 0.1) is 21.2 Å². The molecule has 8 nitrogen and oxygen atoms in total. The maximum absolute atomic E-state index is 13.4. The average Bonchev–Trinajstić information content (AvgIpc) is 2.83.